The van der Waals surface area contributed by atoms with E-state index in [1.165, 1.54) is 5.56 Å². The smallest absolute Gasteiger partial charge is 0.163 e. The van der Waals surface area contributed by atoms with Crippen molar-refractivity contribution in [2.45, 2.75) is 25.8 Å². The quantitative estimate of drug-likeness (QED) is 0.640. The Balaban J connectivity index is 1.89. The van der Waals surface area contributed by atoms with E-state index in [2.05, 4.69) is 40.2 Å². The van der Waals surface area contributed by atoms with E-state index >= 15 is 0 Å². The summed E-state index contributed by atoms with van der Waals surface area (Å²) in [4.78, 5) is 4.85. The van der Waals surface area contributed by atoms with Gasteiger partial charge < -0.3 is 19.4 Å². The van der Waals surface area contributed by atoms with Crippen LogP contribution in [0.5, 0.6) is 11.5 Å². The summed E-state index contributed by atoms with van der Waals surface area (Å²) in [6.45, 7) is 1.83. The van der Waals surface area contributed by atoms with Crippen molar-refractivity contribution in [3.05, 3.63) is 53.9 Å². The molecular weight excluding hydrogens is 326 g/mol. The second-order valence-corrected chi connectivity index (χ2v) is 6.32. The number of aryl methyl sites for hydroxylation is 2. The predicted molar refractivity (Wildman–Crippen MR) is 105 cm³/mol. The van der Waals surface area contributed by atoms with Crippen LogP contribution in [-0.2, 0) is 19.4 Å². The highest BCUT2D eigenvalue weighted by molar-refractivity contribution is 5.80. The molecule has 0 aliphatic carbocycles. The molecule has 0 aliphatic heterocycles. The lowest BCUT2D eigenvalue weighted by Crippen LogP contribution is -2.14. The molecule has 0 saturated heterocycles. The number of ether oxygens (including phenoxy) is 2. The molecule has 0 saturated carbocycles. The van der Waals surface area contributed by atoms with Crippen LogP contribution in [0.15, 0.2) is 42.5 Å². The highest BCUT2D eigenvalue weighted by Gasteiger charge is 2.15. The van der Waals surface area contributed by atoms with Crippen LogP contribution >= 0.6 is 0 Å². The highest BCUT2D eigenvalue weighted by atomic mass is 16.5. The Morgan fingerprint density at radius 2 is 1.73 bits per heavy atom. The molecule has 1 N–H and O–H groups in total. The molecule has 5 heteroatoms. The van der Waals surface area contributed by atoms with Gasteiger partial charge in [0, 0.05) is 31.6 Å². The average Bonchev–Trinajstić information content (AvgIpc) is 3.02. The van der Waals surface area contributed by atoms with E-state index in [-0.39, 0.29) is 0 Å². The molecule has 3 aromatic rings. The van der Waals surface area contributed by atoms with Crippen LogP contribution in [-0.4, -0.2) is 37.4 Å². The van der Waals surface area contributed by atoms with Gasteiger partial charge in [-0.05, 0) is 25.5 Å². The molecule has 5 nitrogen and oxygen atoms in total. The number of nitrogens with zero attached hydrogens (tertiary/aromatic N) is 2. The van der Waals surface area contributed by atoms with E-state index in [1.807, 2.05) is 19.2 Å². The standard InChI is InChI=1S/C21H27N3O2/c1-22-12-11-21-23-17-14-19(25-2)20(26-3)15-18(17)24(21)13-7-10-16-8-5-4-6-9-16/h4-6,8-9,14-15,22H,7,10-13H2,1-3H3. The zero-order valence-corrected chi connectivity index (χ0v) is 15.8. The Labute approximate surface area is 155 Å². The molecule has 0 amide bonds. The van der Waals surface area contributed by atoms with Gasteiger partial charge in [0.15, 0.2) is 11.5 Å². The lowest BCUT2D eigenvalue weighted by molar-refractivity contribution is 0.355. The third-order valence-electron chi connectivity index (χ3n) is 4.62. The van der Waals surface area contributed by atoms with E-state index in [4.69, 9.17) is 14.5 Å². The lowest BCUT2D eigenvalue weighted by Gasteiger charge is -2.11. The molecule has 0 fully saturated rings. The van der Waals surface area contributed by atoms with E-state index in [9.17, 15) is 0 Å². The minimum absolute atomic E-state index is 0.717. The molecule has 0 radical (unpaired) electrons. The molecule has 2 aromatic carbocycles. The number of aromatic nitrogens is 2. The van der Waals surface area contributed by atoms with Gasteiger partial charge in [0.2, 0.25) is 0 Å². The van der Waals surface area contributed by atoms with Crippen LogP contribution in [0, 0.1) is 0 Å². The first-order chi connectivity index (χ1) is 12.8. The van der Waals surface area contributed by atoms with E-state index in [0.29, 0.717) is 5.75 Å². The monoisotopic (exact) mass is 353 g/mol. The molecule has 1 heterocycles. The second-order valence-electron chi connectivity index (χ2n) is 6.32. The number of imidazole rings is 1. The Morgan fingerprint density at radius 1 is 1.00 bits per heavy atom. The minimum atomic E-state index is 0.717. The summed E-state index contributed by atoms with van der Waals surface area (Å²) in [6, 6.07) is 14.6. The normalized spacial score (nSPS) is 11.0. The van der Waals surface area contributed by atoms with Gasteiger partial charge in [0.1, 0.15) is 5.82 Å². The summed E-state index contributed by atoms with van der Waals surface area (Å²) in [5.74, 6) is 2.55. The highest BCUT2D eigenvalue weighted by Crippen LogP contribution is 2.32. The van der Waals surface area contributed by atoms with Gasteiger partial charge in [-0.2, -0.15) is 0 Å². The van der Waals surface area contributed by atoms with Crippen molar-refractivity contribution in [2.24, 2.45) is 0 Å². The summed E-state index contributed by atoms with van der Waals surface area (Å²) in [5.41, 5.74) is 3.42. The Hall–Kier alpha value is -2.53. The third-order valence-corrected chi connectivity index (χ3v) is 4.62. The van der Waals surface area contributed by atoms with Gasteiger partial charge in [0.25, 0.3) is 0 Å². The van der Waals surface area contributed by atoms with E-state index in [0.717, 1.165) is 55.0 Å². The summed E-state index contributed by atoms with van der Waals surface area (Å²) >= 11 is 0. The minimum Gasteiger partial charge on any atom is -0.493 e. The fraction of sp³-hybridized carbons (Fsp3) is 0.381. The maximum atomic E-state index is 5.49. The fourth-order valence-corrected chi connectivity index (χ4v) is 3.26. The Morgan fingerprint density at radius 3 is 2.42 bits per heavy atom. The van der Waals surface area contributed by atoms with Crippen molar-refractivity contribution in [1.82, 2.24) is 14.9 Å². The van der Waals surface area contributed by atoms with Gasteiger partial charge in [-0.1, -0.05) is 30.3 Å². The molecule has 1 aromatic heterocycles. The van der Waals surface area contributed by atoms with Crippen LogP contribution in [0.3, 0.4) is 0 Å². The summed E-state index contributed by atoms with van der Waals surface area (Å²) in [5, 5.41) is 3.21. The van der Waals surface area contributed by atoms with Gasteiger partial charge >= 0.3 is 0 Å². The molecule has 0 atom stereocenters. The summed E-state index contributed by atoms with van der Waals surface area (Å²) in [7, 11) is 5.29. The number of likely N-dealkylation sites (N-methyl/N-ethyl adjacent to an activating group) is 1. The molecule has 0 spiro atoms. The maximum absolute atomic E-state index is 5.49. The zero-order valence-electron chi connectivity index (χ0n) is 15.8. The molecule has 138 valence electrons. The topological polar surface area (TPSA) is 48.3 Å². The van der Waals surface area contributed by atoms with Crippen LogP contribution in [0.4, 0.5) is 0 Å². The predicted octanol–water partition coefficient (Wildman–Crippen LogP) is 3.45. The first-order valence-corrected chi connectivity index (χ1v) is 9.06. The number of nitrogens with one attached hydrogen (secondary N) is 1. The van der Waals surface area contributed by atoms with E-state index < -0.39 is 0 Å². The van der Waals surface area contributed by atoms with Gasteiger partial charge in [-0.3, -0.25) is 0 Å². The van der Waals surface area contributed by atoms with Crippen LogP contribution in [0.1, 0.15) is 17.8 Å². The van der Waals surface area contributed by atoms with Crippen molar-refractivity contribution in [1.29, 1.82) is 0 Å². The van der Waals surface area contributed by atoms with Gasteiger partial charge in [-0.15, -0.1) is 0 Å². The molecular formula is C21H27N3O2. The van der Waals surface area contributed by atoms with Crippen LogP contribution < -0.4 is 14.8 Å². The molecule has 0 bridgehead atoms. The Bertz CT molecular complexity index is 843. The van der Waals surface area contributed by atoms with E-state index in [1.54, 1.807) is 14.2 Å². The molecule has 26 heavy (non-hydrogen) atoms. The van der Waals surface area contributed by atoms with Gasteiger partial charge in [0.05, 0.1) is 25.3 Å². The number of hydrogen-bond donors (Lipinski definition) is 1. The SMILES string of the molecule is CNCCc1nc2cc(OC)c(OC)cc2n1CCCc1ccccc1. The maximum Gasteiger partial charge on any atom is 0.163 e. The van der Waals surface area contributed by atoms with Crippen molar-refractivity contribution >= 4 is 11.0 Å². The average molecular weight is 353 g/mol. The second kappa shape index (κ2) is 8.72. The van der Waals surface area contributed by atoms with Gasteiger partial charge in [-0.25, -0.2) is 4.98 Å². The fourth-order valence-electron chi connectivity index (χ4n) is 3.26. The zero-order chi connectivity index (χ0) is 18.4. The molecule has 3 rings (SSSR count). The molecule has 0 aliphatic rings. The Kier molecular flexibility index (Phi) is 6.12. The summed E-state index contributed by atoms with van der Waals surface area (Å²) < 4.78 is 13.2. The van der Waals surface area contributed by atoms with Crippen molar-refractivity contribution in [3.8, 4) is 11.5 Å². The van der Waals surface area contributed by atoms with Crippen molar-refractivity contribution < 1.29 is 9.47 Å². The largest absolute Gasteiger partial charge is 0.493 e. The first-order valence-electron chi connectivity index (χ1n) is 9.06. The number of rotatable bonds is 9. The van der Waals surface area contributed by atoms with Crippen molar-refractivity contribution in [3.63, 3.8) is 0 Å². The summed E-state index contributed by atoms with van der Waals surface area (Å²) in [6.07, 6.45) is 3.01. The first kappa shape index (κ1) is 18.3. The number of benzene rings is 2. The third kappa shape index (κ3) is 3.99. The lowest BCUT2D eigenvalue weighted by atomic mass is 10.1. The number of hydrogen-bond acceptors (Lipinski definition) is 4. The van der Waals surface area contributed by atoms with Crippen LogP contribution in [0.25, 0.3) is 11.0 Å². The van der Waals surface area contributed by atoms with Crippen molar-refractivity contribution in [2.75, 3.05) is 27.8 Å². The molecule has 0 unspecified atom stereocenters. The van der Waals surface area contributed by atoms with Crippen LogP contribution in [0.2, 0.25) is 0 Å². The number of methoxy groups -OCH3 is 2. The number of fused-ring (bicyclic) bond motifs is 1.